The molecule has 146 valence electrons. The smallest absolute Gasteiger partial charge is 0.331 e. The number of nitrogens with one attached hydrogen (secondary N) is 1. The molecule has 1 unspecified atom stereocenters. The van der Waals surface area contributed by atoms with E-state index < -0.39 is 11.5 Å². The molecule has 5 nitrogen and oxygen atoms in total. The second-order valence-electron chi connectivity index (χ2n) is 8.04. The lowest BCUT2D eigenvalue weighted by Crippen LogP contribution is -2.52. The number of rotatable bonds is 7. The van der Waals surface area contributed by atoms with Gasteiger partial charge in [0.25, 0.3) is 5.91 Å². The summed E-state index contributed by atoms with van der Waals surface area (Å²) in [6, 6.07) is 11.2. The topological polar surface area (TPSA) is 68.5 Å². The van der Waals surface area contributed by atoms with Crippen LogP contribution in [0, 0.1) is 0 Å². The van der Waals surface area contributed by atoms with Crippen molar-refractivity contribution in [1.29, 1.82) is 0 Å². The monoisotopic (exact) mass is 371 g/mol. The van der Waals surface area contributed by atoms with Crippen molar-refractivity contribution in [3.63, 3.8) is 0 Å². The number of hydrogen-bond donors (Lipinski definition) is 1. The van der Waals surface area contributed by atoms with E-state index in [1.807, 2.05) is 24.3 Å². The van der Waals surface area contributed by atoms with Crippen LogP contribution in [0.1, 0.15) is 62.2 Å². The summed E-state index contributed by atoms with van der Waals surface area (Å²) in [5, 5.41) is 2.85. The standard InChI is InChI=1S/C22H29NO4/c1-21(2,3)17-12-10-16(11-13-17)19(24)23-22(4,20(25)26-5)14-6-8-18-9-7-15-27-18/h7,9-13,15H,6,8,14H2,1-5H3,(H,23,24). The van der Waals surface area contributed by atoms with E-state index in [0.717, 1.165) is 11.3 Å². The lowest BCUT2D eigenvalue weighted by Gasteiger charge is -2.28. The first-order valence-electron chi connectivity index (χ1n) is 9.19. The van der Waals surface area contributed by atoms with Gasteiger partial charge in [-0.2, -0.15) is 0 Å². The predicted octanol–water partition coefficient (Wildman–Crippen LogP) is 4.26. The Balaban J connectivity index is 2.07. The lowest BCUT2D eigenvalue weighted by molar-refractivity contribution is -0.147. The van der Waals surface area contributed by atoms with Crippen LogP contribution in [0.4, 0.5) is 0 Å². The van der Waals surface area contributed by atoms with Crippen LogP contribution in [0.15, 0.2) is 47.1 Å². The Bertz CT molecular complexity index is 757. The molecule has 0 spiro atoms. The highest BCUT2D eigenvalue weighted by Gasteiger charge is 2.36. The van der Waals surface area contributed by atoms with Gasteiger partial charge in [-0.15, -0.1) is 0 Å². The number of carbonyl (C=O) groups is 2. The number of amides is 1. The van der Waals surface area contributed by atoms with E-state index >= 15 is 0 Å². The first kappa shape index (κ1) is 20.7. The Kier molecular flexibility index (Phi) is 6.47. The third-order valence-corrected chi connectivity index (χ3v) is 4.72. The molecular formula is C22H29NO4. The molecule has 1 atom stereocenters. The molecule has 0 saturated carbocycles. The molecule has 1 N–H and O–H groups in total. The van der Waals surface area contributed by atoms with Crippen LogP contribution in [0.2, 0.25) is 0 Å². The van der Waals surface area contributed by atoms with E-state index in [1.165, 1.54) is 7.11 Å². The molecule has 27 heavy (non-hydrogen) atoms. The molecule has 1 aromatic heterocycles. The highest BCUT2D eigenvalue weighted by molar-refractivity contribution is 5.98. The van der Waals surface area contributed by atoms with E-state index in [-0.39, 0.29) is 11.3 Å². The number of hydrogen-bond acceptors (Lipinski definition) is 4. The fourth-order valence-electron chi connectivity index (χ4n) is 2.96. The predicted molar refractivity (Wildman–Crippen MR) is 105 cm³/mol. The molecule has 0 aliphatic carbocycles. The summed E-state index contributed by atoms with van der Waals surface area (Å²) in [6.07, 6.45) is 3.45. The van der Waals surface area contributed by atoms with Crippen LogP contribution in [0.3, 0.4) is 0 Å². The van der Waals surface area contributed by atoms with E-state index in [1.54, 1.807) is 25.3 Å². The van der Waals surface area contributed by atoms with Crippen LogP contribution in [0.5, 0.6) is 0 Å². The van der Waals surface area contributed by atoms with Crippen molar-refractivity contribution < 1.29 is 18.7 Å². The van der Waals surface area contributed by atoms with E-state index in [9.17, 15) is 9.59 Å². The molecule has 2 rings (SSSR count). The zero-order valence-electron chi connectivity index (χ0n) is 16.8. The summed E-state index contributed by atoms with van der Waals surface area (Å²) in [5.41, 5.74) is 0.583. The van der Waals surface area contributed by atoms with E-state index in [4.69, 9.17) is 9.15 Å². The maximum atomic E-state index is 12.7. The van der Waals surface area contributed by atoms with Gasteiger partial charge in [-0.3, -0.25) is 4.79 Å². The van der Waals surface area contributed by atoms with Crippen molar-refractivity contribution >= 4 is 11.9 Å². The van der Waals surface area contributed by atoms with Gasteiger partial charge in [0, 0.05) is 12.0 Å². The van der Waals surface area contributed by atoms with Crippen LogP contribution >= 0.6 is 0 Å². The van der Waals surface area contributed by atoms with Gasteiger partial charge in [0.1, 0.15) is 11.3 Å². The normalized spacial score (nSPS) is 13.7. The SMILES string of the molecule is COC(=O)C(C)(CCCc1ccco1)NC(=O)c1ccc(C(C)(C)C)cc1. The quantitative estimate of drug-likeness (QED) is 0.738. The Labute approximate surface area is 161 Å². The van der Waals surface area contributed by atoms with Crippen LogP contribution in [0.25, 0.3) is 0 Å². The average Bonchev–Trinajstić information content (AvgIpc) is 3.13. The van der Waals surface area contributed by atoms with Crippen molar-refractivity contribution in [3.8, 4) is 0 Å². The van der Waals surface area contributed by atoms with Crippen molar-refractivity contribution in [1.82, 2.24) is 5.32 Å². The van der Waals surface area contributed by atoms with Crippen molar-refractivity contribution in [2.75, 3.05) is 7.11 Å². The molecule has 0 fully saturated rings. The number of benzene rings is 1. The second kappa shape index (κ2) is 8.42. The average molecular weight is 371 g/mol. The van der Waals surface area contributed by atoms with Crippen molar-refractivity contribution in [2.45, 2.75) is 57.9 Å². The molecule has 1 amide bonds. The number of aryl methyl sites for hydroxylation is 1. The van der Waals surface area contributed by atoms with Gasteiger partial charge in [-0.25, -0.2) is 4.79 Å². The van der Waals surface area contributed by atoms with Crippen LogP contribution in [-0.4, -0.2) is 24.5 Å². The maximum absolute atomic E-state index is 12.7. The van der Waals surface area contributed by atoms with Gasteiger partial charge in [0.15, 0.2) is 0 Å². The third-order valence-electron chi connectivity index (χ3n) is 4.72. The van der Waals surface area contributed by atoms with Crippen molar-refractivity contribution in [3.05, 3.63) is 59.5 Å². The molecule has 5 heteroatoms. The number of esters is 1. The van der Waals surface area contributed by atoms with E-state index in [0.29, 0.717) is 24.8 Å². The highest BCUT2D eigenvalue weighted by Crippen LogP contribution is 2.23. The first-order valence-corrected chi connectivity index (χ1v) is 9.19. The number of ether oxygens (including phenoxy) is 1. The summed E-state index contributed by atoms with van der Waals surface area (Å²) in [6.45, 7) is 8.06. The largest absolute Gasteiger partial charge is 0.469 e. The Morgan fingerprint density at radius 1 is 1.07 bits per heavy atom. The molecule has 0 aliphatic heterocycles. The minimum Gasteiger partial charge on any atom is -0.469 e. The molecule has 1 aromatic carbocycles. The second-order valence-corrected chi connectivity index (χ2v) is 8.04. The van der Waals surface area contributed by atoms with Crippen LogP contribution in [-0.2, 0) is 21.4 Å². The van der Waals surface area contributed by atoms with Gasteiger partial charge >= 0.3 is 5.97 Å². The highest BCUT2D eigenvalue weighted by atomic mass is 16.5. The maximum Gasteiger partial charge on any atom is 0.331 e. The summed E-state index contributed by atoms with van der Waals surface area (Å²) < 4.78 is 10.2. The fourth-order valence-corrected chi connectivity index (χ4v) is 2.96. The van der Waals surface area contributed by atoms with E-state index in [2.05, 4.69) is 26.1 Å². The van der Waals surface area contributed by atoms with Gasteiger partial charge in [0.05, 0.1) is 13.4 Å². The number of carbonyl (C=O) groups excluding carboxylic acids is 2. The fraction of sp³-hybridized carbons (Fsp3) is 0.455. The molecular weight excluding hydrogens is 342 g/mol. The third kappa shape index (κ3) is 5.46. The zero-order valence-corrected chi connectivity index (χ0v) is 16.8. The van der Waals surface area contributed by atoms with Crippen molar-refractivity contribution in [2.24, 2.45) is 0 Å². The number of methoxy groups -OCH3 is 1. The minimum absolute atomic E-state index is 0.0153. The van der Waals surface area contributed by atoms with Gasteiger partial charge in [-0.1, -0.05) is 32.9 Å². The molecule has 0 aliphatic rings. The molecule has 0 radical (unpaired) electrons. The summed E-state index contributed by atoms with van der Waals surface area (Å²) in [5.74, 6) is 0.106. The summed E-state index contributed by atoms with van der Waals surface area (Å²) in [4.78, 5) is 25.0. The van der Waals surface area contributed by atoms with Gasteiger partial charge in [0.2, 0.25) is 0 Å². The number of furan rings is 1. The summed E-state index contributed by atoms with van der Waals surface area (Å²) in [7, 11) is 1.33. The molecule has 0 saturated heterocycles. The van der Waals surface area contributed by atoms with Gasteiger partial charge in [-0.05, 0) is 55.0 Å². The van der Waals surface area contributed by atoms with Crippen LogP contribution < -0.4 is 5.32 Å². The molecule has 0 bridgehead atoms. The first-order chi connectivity index (χ1) is 12.7. The Hall–Kier alpha value is -2.56. The molecule has 2 aromatic rings. The molecule has 1 heterocycles. The lowest BCUT2D eigenvalue weighted by atomic mass is 9.86. The minimum atomic E-state index is -1.10. The Morgan fingerprint density at radius 2 is 1.74 bits per heavy atom. The zero-order chi connectivity index (χ0) is 20.1. The Morgan fingerprint density at radius 3 is 2.26 bits per heavy atom. The van der Waals surface area contributed by atoms with Gasteiger partial charge < -0.3 is 14.5 Å². The summed E-state index contributed by atoms with van der Waals surface area (Å²) >= 11 is 0.